The second-order valence-corrected chi connectivity index (χ2v) is 4.42. The number of hydrogen-bond donors (Lipinski definition) is 2. The summed E-state index contributed by atoms with van der Waals surface area (Å²) in [4.78, 5) is 13.5. The lowest BCUT2D eigenvalue weighted by molar-refractivity contribution is -0.122. The van der Waals surface area contributed by atoms with E-state index >= 15 is 0 Å². The van der Waals surface area contributed by atoms with Crippen LogP contribution in [0, 0.1) is 0 Å². The molecular weight excluding hydrogens is 178 g/mol. The summed E-state index contributed by atoms with van der Waals surface area (Å²) in [5.41, 5.74) is 5.49. The number of rotatable bonds is 3. The summed E-state index contributed by atoms with van der Waals surface area (Å²) >= 11 is 0. The van der Waals surface area contributed by atoms with Crippen LogP contribution in [-0.2, 0) is 4.79 Å². The van der Waals surface area contributed by atoms with Gasteiger partial charge in [-0.2, -0.15) is 0 Å². The molecule has 3 atom stereocenters. The van der Waals surface area contributed by atoms with Crippen molar-refractivity contribution in [3.05, 3.63) is 0 Å². The molecule has 0 aromatic heterocycles. The highest BCUT2D eigenvalue weighted by molar-refractivity contribution is 5.81. The maximum atomic E-state index is 11.3. The first-order valence-electron chi connectivity index (χ1n) is 5.23. The second-order valence-electron chi connectivity index (χ2n) is 4.42. The van der Waals surface area contributed by atoms with Crippen molar-refractivity contribution in [2.75, 3.05) is 14.1 Å². The molecule has 1 rings (SSSR count). The number of amides is 1. The van der Waals surface area contributed by atoms with Crippen LogP contribution < -0.4 is 11.1 Å². The van der Waals surface area contributed by atoms with Crippen molar-refractivity contribution < 1.29 is 4.79 Å². The van der Waals surface area contributed by atoms with Crippen LogP contribution >= 0.6 is 0 Å². The summed E-state index contributed by atoms with van der Waals surface area (Å²) < 4.78 is 0. The number of hydrogen-bond acceptors (Lipinski definition) is 3. The number of nitrogens with two attached hydrogens (primary N) is 1. The van der Waals surface area contributed by atoms with Crippen molar-refractivity contribution >= 4 is 5.91 Å². The summed E-state index contributed by atoms with van der Waals surface area (Å²) in [6.07, 6.45) is 3.28. The van der Waals surface area contributed by atoms with Gasteiger partial charge in [0.05, 0.1) is 6.04 Å². The van der Waals surface area contributed by atoms with Gasteiger partial charge in [0.2, 0.25) is 5.91 Å². The first-order valence-corrected chi connectivity index (χ1v) is 5.23. The molecule has 3 N–H and O–H groups in total. The van der Waals surface area contributed by atoms with Gasteiger partial charge in [0.15, 0.2) is 0 Å². The normalized spacial score (nSPS) is 29.2. The van der Waals surface area contributed by atoms with E-state index in [9.17, 15) is 4.79 Å². The minimum absolute atomic E-state index is 0.0330. The fourth-order valence-corrected chi connectivity index (χ4v) is 1.89. The topological polar surface area (TPSA) is 58.4 Å². The molecule has 82 valence electrons. The van der Waals surface area contributed by atoms with Crippen LogP contribution in [0.25, 0.3) is 0 Å². The zero-order valence-corrected chi connectivity index (χ0v) is 9.29. The fraction of sp³-hybridized carbons (Fsp3) is 0.900. The van der Waals surface area contributed by atoms with Gasteiger partial charge in [0, 0.05) is 12.1 Å². The molecule has 0 aromatic rings. The maximum Gasteiger partial charge on any atom is 0.236 e. The van der Waals surface area contributed by atoms with Crippen LogP contribution in [0.5, 0.6) is 0 Å². The smallest absolute Gasteiger partial charge is 0.236 e. The van der Waals surface area contributed by atoms with E-state index in [1.165, 1.54) is 0 Å². The Morgan fingerprint density at radius 3 is 2.57 bits per heavy atom. The molecular formula is C10H21N3O. The summed E-state index contributed by atoms with van der Waals surface area (Å²) in [5, 5.41) is 2.97. The Labute approximate surface area is 85.8 Å². The van der Waals surface area contributed by atoms with Crippen LogP contribution in [0.4, 0.5) is 0 Å². The van der Waals surface area contributed by atoms with Crippen molar-refractivity contribution in [3.8, 4) is 0 Å². The SMILES string of the molecule is C[C@@H](N)C(=O)NC1CCC(N(C)C)C1. The van der Waals surface area contributed by atoms with Crippen molar-refractivity contribution in [3.63, 3.8) is 0 Å². The van der Waals surface area contributed by atoms with Gasteiger partial charge in [-0.1, -0.05) is 0 Å². The van der Waals surface area contributed by atoms with E-state index in [1.54, 1.807) is 6.92 Å². The van der Waals surface area contributed by atoms with Gasteiger partial charge in [-0.05, 0) is 40.3 Å². The molecule has 4 nitrogen and oxygen atoms in total. The van der Waals surface area contributed by atoms with E-state index in [1.807, 2.05) is 0 Å². The highest BCUT2D eigenvalue weighted by Crippen LogP contribution is 2.22. The van der Waals surface area contributed by atoms with Gasteiger partial charge in [0.25, 0.3) is 0 Å². The van der Waals surface area contributed by atoms with Crippen molar-refractivity contribution in [1.82, 2.24) is 10.2 Å². The average Bonchev–Trinajstić information content (AvgIpc) is 2.52. The Morgan fingerprint density at radius 1 is 1.50 bits per heavy atom. The summed E-state index contributed by atoms with van der Waals surface area (Å²) in [5.74, 6) is -0.0330. The van der Waals surface area contributed by atoms with E-state index in [2.05, 4.69) is 24.3 Å². The first-order chi connectivity index (χ1) is 6.50. The van der Waals surface area contributed by atoms with Crippen molar-refractivity contribution in [1.29, 1.82) is 0 Å². The minimum atomic E-state index is -0.395. The number of carbonyl (C=O) groups excluding carboxylic acids is 1. The molecule has 0 heterocycles. The first kappa shape index (κ1) is 11.5. The zero-order chi connectivity index (χ0) is 10.7. The van der Waals surface area contributed by atoms with Gasteiger partial charge >= 0.3 is 0 Å². The Morgan fingerprint density at radius 2 is 2.14 bits per heavy atom. The number of carbonyl (C=O) groups is 1. The molecule has 2 unspecified atom stereocenters. The maximum absolute atomic E-state index is 11.3. The number of nitrogens with zero attached hydrogens (tertiary/aromatic N) is 1. The summed E-state index contributed by atoms with van der Waals surface area (Å²) in [6, 6.07) is 0.530. The van der Waals surface area contributed by atoms with E-state index in [4.69, 9.17) is 5.73 Å². The quantitative estimate of drug-likeness (QED) is 0.669. The Kier molecular flexibility index (Phi) is 3.89. The summed E-state index contributed by atoms with van der Waals surface area (Å²) in [6.45, 7) is 1.72. The molecule has 14 heavy (non-hydrogen) atoms. The standard InChI is InChI=1S/C10H21N3O/c1-7(11)10(14)12-8-4-5-9(6-8)13(2)3/h7-9H,4-6,11H2,1-3H3,(H,12,14)/t7-,8?,9?/m1/s1. The Hall–Kier alpha value is -0.610. The molecule has 1 saturated carbocycles. The van der Waals surface area contributed by atoms with Gasteiger partial charge in [-0.15, -0.1) is 0 Å². The Bertz CT molecular complexity index is 204. The molecule has 4 heteroatoms. The molecule has 1 amide bonds. The molecule has 0 saturated heterocycles. The largest absolute Gasteiger partial charge is 0.352 e. The average molecular weight is 199 g/mol. The van der Waals surface area contributed by atoms with Gasteiger partial charge in [-0.3, -0.25) is 4.79 Å². The molecule has 0 bridgehead atoms. The van der Waals surface area contributed by atoms with Gasteiger partial charge < -0.3 is 16.0 Å². The third-order valence-electron chi connectivity index (χ3n) is 2.90. The fourth-order valence-electron chi connectivity index (χ4n) is 1.89. The third-order valence-corrected chi connectivity index (χ3v) is 2.90. The molecule has 0 aromatic carbocycles. The van der Waals surface area contributed by atoms with Crippen LogP contribution in [0.1, 0.15) is 26.2 Å². The van der Waals surface area contributed by atoms with E-state index in [0.717, 1.165) is 19.3 Å². The Balaban J connectivity index is 2.32. The lowest BCUT2D eigenvalue weighted by Crippen LogP contribution is -2.43. The zero-order valence-electron chi connectivity index (χ0n) is 9.29. The predicted octanol–water partition coefficient (Wildman–Crippen LogP) is -0.0675. The third kappa shape index (κ3) is 2.96. The lowest BCUT2D eigenvalue weighted by atomic mass is 10.2. The number of nitrogens with one attached hydrogen (secondary N) is 1. The van der Waals surface area contributed by atoms with Gasteiger partial charge in [-0.25, -0.2) is 0 Å². The van der Waals surface area contributed by atoms with Gasteiger partial charge in [0.1, 0.15) is 0 Å². The highest BCUT2D eigenvalue weighted by atomic mass is 16.2. The van der Waals surface area contributed by atoms with E-state index in [-0.39, 0.29) is 5.91 Å². The van der Waals surface area contributed by atoms with Crippen molar-refractivity contribution in [2.45, 2.75) is 44.3 Å². The van der Waals surface area contributed by atoms with Crippen LogP contribution in [-0.4, -0.2) is 43.0 Å². The molecule has 0 radical (unpaired) electrons. The predicted molar refractivity (Wildman–Crippen MR) is 56.9 cm³/mol. The monoisotopic (exact) mass is 199 g/mol. The van der Waals surface area contributed by atoms with Crippen LogP contribution in [0.3, 0.4) is 0 Å². The van der Waals surface area contributed by atoms with Crippen molar-refractivity contribution in [2.24, 2.45) is 5.73 Å². The molecule has 1 aliphatic rings. The van der Waals surface area contributed by atoms with Crippen LogP contribution in [0.15, 0.2) is 0 Å². The highest BCUT2D eigenvalue weighted by Gasteiger charge is 2.27. The minimum Gasteiger partial charge on any atom is -0.352 e. The molecule has 0 aliphatic heterocycles. The van der Waals surface area contributed by atoms with E-state index in [0.29, 0.717) is 12.1 Å². The van der Waals surface area contributed by atoms with Crippen LogP contribution in [0.2, 0.25) is 0 Å². The molecule has 0 spiro atoms. The second kappa shape index (κ2) is 4.75. The lowest BCUT2D eigenvalue weighted by Gasteiger charge is -2.19. The van der Waals surface area contributed by atoms with E-state index < -0.39 is 6.04 Å². The molecule has 1 fully saturated rings. The molecule has 1 aliphatic carbocycles. The summed E-state index contributed by atoms with van der Waals surface area (Å²) in [7, 11) is 4.17.